The van der Waals surface area contributed by atoms with Crippen LogP contribution in [0.25, 0.3) is 0 Å². The van der Waals surface area contributed by atoms with Crippen molar-refractivity contribution in [3.8, 4) is 0 Å². The van der Waals surface area contributed by atoms with Crippen LogP contribution in [0.1, 0.15) is 27.2 Å². The third-order valence-corrected chi connectivity index (χ3v) is 2.39. The van der Waals surface area contributed by atoms with E-state index in [1.807, 2.05) is 37.3 Å². The Labute approximate surface area is 103 Å². The summed E-state index contributed by atoms with van der Waals surface area (Å²) < 4.78 is 5.08. The molecule has 1 N–H and O–H groups in total. The molecule has 1 rings (SSSR count). The predicted molar refractivity (Wildman–Crippen MR) is 69.9 cm³/mol. The van der Waals surface area contributed by atoms with Gasteiger partial charge in [-0.15, -0.1) is 0 Å². The number of benzene rings is 1. The van der Waals surface area contributed by atoms with Crippen molar-refractivity contribution in [1.29, 1.82) is 0 Å². The first-order valence-corrected chi connectivity index (χ1v) is 6.11. The minimum absolute atomic E-state index is 0.176. The van der Waals surface area contributed by atoms with Crippen LogP contribution in [0.2, 0.25) is 0 Å². The van der Waals surface area contributed by atoms with Gasteiger partial charge < -0.3 is 10.1 Å². The summed E-state index contributed by atoms with van der Waals surface area (Å²) in [4.78, 5) is 11.8. The van der Waals surface area contributed by atoms with Crippen molar-refractivity contribution in [3.05, 3.63) is 30.3 Å². The topological polar surface area (TPSA) is 38.3 Å². The molecule has 0 fully saturated rings. The third-order valence-electron chi connectivity index (χ3n) is 2.39. The first-order chi connectivity index (χ1) is 8.13. The fourth-order valence-corrected chi connectivity index (χ4v) is 1.66. The first-order valence-electron chi connectivity index (χ1n) is 6.11. The zero-order chi connectivity index (χ0) is 12.7. The Morgan fingerprint density at radius 1 is 1.29 bits per heavy atom. The molecule has 3 nitrogen and oxygen atoms in total. The summed E-state index contributed by atoms with van der Waals surface area (Å²) in [5, 5.41) is 3.22. The number of anilines is 1. The Hall–Kier alpha value is -1.51. The molecule has 0 aromatic heterocycles. The molecule has 0 amide bonds. The number of para-hydroxylation sites is 1. The van der Waals surface area contributed by atoms with E-state index in [2.05, 4.69) is 19.2 Å². The summed E-state index contributed by atoms with van der Waals surface area (Å²) in [7, 11) is 0. The van der Waals surface area contributed by atoms with Gasteiger partial charge in [0.25, 0.3) is 0 Å². The van der Waals surface area contributed by atoms with E-state index in [9.17, 15) is 4.79 Å². The normalized spacial score (nSPS) is 12.2. The molecule has 0 aliphatic carbocycles. The molecule has 94 valence electrons. The van der Waals surface area contributed by atoms with Crippen LogP contribution in [0, 0.1) is 5.92 Å². The van der Waals surface area contributed by atoms with Gasteiger partial charge in [-0.25, -0.2) is 4.79 Å². The standard InChI is InChI=1S/C14H21NO2/c1-4-17-14(16)13(10-11(2)3)15-12-8-6-5-7-9-12/h5-9,11,13,15H,4,10H2,1-3H3. The Bertz CT molecular complexity index is 335. The highest BCUT2D eigenvalue weighted by molar-refractivity contribution is 5.79. The second-order valence-corrected chi connectivity index (χ2v) is 4.44. The molecule has 1 aromatic carbocycles. The lowest BCUT2D eigenvalue weighted by molar-refractivity contribution is -0.144. The number of rotatable bonds is 6. The molecule has 0 spiro atoms. The number of esters is 1. The molecule has 0 saturated carbocycles. The second-order valence-electron chi connectivity index (χ2n) is 4.44. The maximum atomic E-state index is 11.8. The average Bonchev–Trinajstić information content (AvgIpc) is 2.29. The molecule has 1 atom stereocenters. The molecule has 0 aliphatic rings. The smallest absolute Gasteiger partial charge is 0.328 e. The summed E-state index contributed by atoms with van der Waals surface area (Å²) in [5.74, 6) is 0.269. The van der Waals surface area contributed by atoms with Crippen molar-refractivity contribution < 1.29 is 9.53 Å². The Balaban J connectivity index is 2.66. The lowest BCUT2D eigenvalue weighted by Crippen LogP contribution is -2.32. The van der Waals surface area contributed by atoms with Crippen molar-refractivity contribution in [2.75, 3.05) is 11.9 Å². The second kappa shape index (κ2) is 6.94. The minimum atomic E-state index is -0.266. The largest absolute Gasteiger partial charge is 0.464 e. The Morgan fingerprint density at radius 3 is 2.47 bits per heavy atom. The van der Waals surface area contributed by atoms with E-state index in [4.69, 9.17) is 4.74 Å². The molecular weight excluding hydrogens is 214 g/mol. The van der Waals surface area contributed by atoms with E-state index in [1.54, 1.807) is 0 Å². The van der Waals surface area contributed by atoms with Crippen molar-refractivity contribution in [2.24, 2.45) is 5.92 Å². The molecule has 1 aromatic rings. The van der Waals surface area contributed by atoms with Gasteiger partial charge in [0.1, 0.15) is 6.04 Å². The van der Waals surface area contributed by atoms with Crippen LogP contribution in [0.15, 0.2) is 30.3 Å². The summed E-state index contributed by atoms with van der Waals surface area (Å²) in [5.41, 5.74) is 0.950. The fourth-order valence-electron chi connectivity index (χ4n) is 1.66. The highest BCUT2D eigenvalue weighted by Crippen LogP contribution is 2.13. The number of hydrogen-bond acceptors (Lipinski definition) is 3. The van der Waals surface area contributed by atoms with Gasteiger partial charge in [-0.2, -0.15) is 0 Å². The molecular formula is C14H21NO2. The van der Waals surface area contributed by atoms with Gasteiger partial charge in [-0.05, 0) is 31.4 Å². The van der Waals surface area contributed by atoms with Gasteiger partial charge in [-0.1, -0.05) is 32.0 Å². The van der Waals surface area contributed by atoms with Crippen LogP contribution in [0.3, 0.4) is 0 Å². The maximum absolute atomic E-state index is 11.8. The summed E-state index contributed by atoms with van der Waals surface area (Å²) >= 11 is 0. The molecule has 0 radical (unpaired) electrons. The van der Waals surface area contributed by atoms with Gasteiger partial charge in [0.05, 0.1) is 6.61 Å². The molecule has 1 unspecified atom stereocenters. The first kappa shape index (κ1) is 13.6. The minimum Gasteiger partial charge on any atom is -0.464 e. The van der Waals surface area contributed by atoms with Crippen LogP contribution >= 0.6 is 0 Å². The molecule has 3 heteroatoms. The lowest BCUT2D eigenvalue weighted by Gasteiger charge is -2.20. The van der Waals surface area contributed by atoms with E-state index in [0.717, 1.165) is 12.1 Å². The Morgan fingerprint density at radius 2 is 1.94 bits per heavy atom. The number of carbonyl (C=O) groups is 1. The van der Waals surface area contributed by atoms with Crippen molar-refractivity contribution >= 4 is 11.7 Å². The van der Waals surface area contributed by atoms with Gasteiger partial charge in [0.2, 0.25) is 0 Å². The average molecular weight is 235 g/mol. The van der Waals surface area contributed by atoms with E-state index in [1.165, 1.54) is 0 Å². The zero-order valence-electron chi connectivity index (χ0n) is 10.8. The predicted octanol–water partition coefficient (Wildman–Crippen LogP) is 3.08. The number of nitrogens with one attached hydrogen (secondary N) is 1. The maximum Gasteiger partial charge on any atom is 0.328 e. The molecule has 0 heterocycles. The van der Waals surface area contributed by atoms with Crippen LogP contribution in [-0.2, 0) is 9.53 Å². The van der Waals surface area contributed by atoms with E-state index in [-0.39, 0.29) is 12.0 Å². The molecule has 0 saturated heterocycles. The summed E-state index contributed by atoms with van der Waals surface area (Å²) in [6.45, 7) is 6.44. The molecule has 17 heavy (non-hydrogen) atoms. The third kappa shape index (κ3) is 4.89. The zero-order valence-corrected chi connectivity index (χ0v) is 10.8. The highest BCUT2D eigenvalue weighted by Gasteiger charge is 2.20. The van der Waals surface area contributed by atoms with Crippen LogP contribution in [-0.4, -0.2) is 18.6 Å². The van der Waals surface area contributed by atoms with Crippen molar-refractivity contribution in [3.63, 3.8) is 0 Å². The van der Waals surface area contributed by atoms with Gasteiger partial charge in [-0.3, -0.25) is 0 Å². The monoisotopic (exact) mass is 235 g/mol. The number of ether oxygens (including phenoxy) is 1. The van der Waals surface area contributed by atoms with E-state index < -0.39 is 0 Å². The quantitative estimate of drug-likeness (QED) is 0.770. The van der Waals surface area contributed by atoms with Crippen LogP contribution in [0.5, 0.6) is 0 Å². The van der Waals surface area contributed by atoms with Gasteiger partial charge in [0, 0.05) is 5.69 Å². The lowest BCUT2D eigenvalue weighted by atomic mass is 10.0. The Kier molecular flexibility index (Phi) is 5.53. The van der Waals surface area contributed by atoms with Crippen LogP contribution < -0.4 is 5.32 Å². The molecule has 0 bridgehead atoms. The SMILES string of the molecule is CCOC(=O)C(CC(C)C)Nc1ccccc1. The van der Waals surface area contributed by atoms with E-state index in [0.29, 0.717) is 12.5 Å². The number of hydrogen-bond donors (Lipinski definition) is 1. The van der Waals surface area contributed by atoms with Gasteiger partial charge in [0.15, 0.2) is 0 Å². The van der Waals surface area contributed by atoms with Crippen molar-refractivity contribution in [2.45, 2.75) is 33.2 Å². The van der Waals surface area contributed by atoms with Gasteiger partial charge >= 0.3 is 5.97 Å². The molecule has 0 aliphatic heterocycles. The highest BCUT2D eigenvalue weighted by atomic mass is 16.5. The summed E-state index contributed by atoms with van der Waals surface area (Å²) in [6, 6.07) is 9.48. The van der Waals surface area contributed by atoms with E-state index >= 15 is 0 Å². The summed E-state index contributed by atoms with van der Waals surface area (Å²) in [6.07, 6.45) is 0.772. The number of carbonyl (C=O) groups excluding carboxylic acids is 1. The van der Waals surface area contributed by atoms with Crippen LogP contribution in [0.4, 0.5) is 5.69 Å². The van der Waals surface area contributed by atoms with Crippen molar-refractivity contribution in [1.82, 2.24) is 0 Å². The fraction of sp³-hybridized carbons (Fsp3) is 0.500.